The Hall–Kier alpha value is -3.74. The summed E-state index contributed by atoms with van der Waals surface area (Å²) in [6.45, 7) is 2.05. The van der Waals surface area contributed by atoms with E-state index >= 15 is 0 Å². The van der Waals surface area contributed by atoms with Crippen LogP contribution in [0.1, 0.15) is 40.4 Å². The first-order valence-electron chi connectivity index (χ1n) is 10.8. The number of hydrogen-bond donors (Lipinski definition) is 1. The molecule has 7 heteroatoms. The third kappa shape index (κ3) is 2.62. The Morgan fingerprint density at radius 3 is 2.48 bits per heavy atom. The van der Waals surface area contributed by atoms with Crippen molar-refractivity contribution in [3.05, 3.63) is 95.1 Å². The van der Waals surface area contributed by atoms with Gasteiger partial charge in [-0.25, -0.2) is 8.78 Å². The number of para-hydroxylation sites is 1. The summed E-state index contributed by atoms with van der Waals surface area (Å²) in [6, 6.07) is 18.3. The van der Waals surface area contributed by atoms with E-state index in [1.54, 1.807) is 11.8 Å². The van der Waals surface area contributed by atoms with E-state index in [9.17, 15) is 18.4 Å². The molecule has 4 atom stereocenters. The lowest BCUT2D eigenvalue weighted by Crippen LogP contribution is -2.54. The van der Waals surface area contributed by atoms with Crippen molar-refractivity contribution >= 4 is 17.5 Å². The van der Waals surface area contributed by atoms with Gasteiger partial charge in [-0.2, -0.15) is 0 Å². The fourth-order valence-corrected chi connectivity index (χ4v) is 5.85. The molecule has 3 aliphatic heterocycles. The maximum atomic E-state index is 14.2. The second-order valence-corrected chi connectivity index (χ2v) is 8.93. The third-order valence-corrected chi connectivity index (χ3v) is 7.26. The number of carbonyl (C=O) groups is 2. The van der Waals surface area contributed by atoms with E-state index in [-0.39, 0.29) is 17.2 Å². The summed E-state index contributed by atoms with van der Waals surface area (Å²) in [5, 5.41) is 2.72. The summed E-state index contributed by atoms with van der Waals surface area (Å²) in [7, 11) is 0. The Labute approximate surface area is 189 Å². The number of hydrogen-bond acceptors (Lipinski definition) is 3. The standard InChI is InChI=1S/C26H20F2N2O3/c1-26-22(14-7-3-2-4-8-14)17-13-33-21-10-6-5-9-15(21)23(17)30(26)24(31)16-11-18(27)19(28)12-20(16)29-25(26)32/h2-12,17,22-23H,13H2,1H3,(H,29,32)/t17?,22?,23?,26-/m1/s1. The number of halogens is 2. The molecule has 0 radical (unpaired) electrons. The van der Waals surface area contributed by atoms with Gasteiger partial charge in [-0.3, -0.25) is 9.59 Å². The van der Waals surface area contributed by atoms with Crippen LogP contribution in [0.4, 0.5) is 14.5 Å². The number of fused-ring (bicyclic) bond motifs is 6. The predicted molar refractivity (Wildman–Crippen MR) is 117 cm³/mol. The van der Waals surface area contributed by atoms with E-state index in [2.05, 4.69) is 5.32 Å². The quantitative estimate of drug-likeness (QED) is 0.591. The number of nitrogens with one attached hydrogen (secondary N) is 1. The lowest BCUT2D eigenvalue weighted by molar-refractivity contribution is -0.125. The molecule has 0 aliphatic carbocycles. The number of ether oxygens (including phenoxy) is 1. The van der Waals surface area contributed by atoms with Gasteiger partial charge in [-0.05, 0) is 24.6 Å². The number of benzene rings is 3. The van der Waals surface area contributed by atoms with Crippen LogP contribution in [0.15, 0.2) is 66.7 Å². The molecule has 3 unspecified atom stereocenters. The Balaban J connectivity index is 1.63. The SMILES string of the molecule is C[C@@]12C(=O)Nc3cc(F)c(F)cc3C(=O)N1C1c3ccccc3OCC1C2c1ccccc1. The van der Waals surface area contributed by atoms with Gasteiger partial charge in [-0.15, -0.1) is 0 Å². The van der Waals surface area contributed by atoms with Crippen molar-refractivity contribution in [2.24, 2.45) is 5.92 Å². The molecule has 2 amide bonds. The van der Waals surface area contributed by atoms with Crippen LogP contribution in [-0.4, -0.2) is 28.9 Å². The molecule has 3 heterocycles. The largest absolute Gasteiger partial charge is 0.493 e. The van der Waals surface area contributed by atoms with Gasteiger partial charge in [0.2, 0.25) is 0 Å². The molecule has 0 spiro atoms. The van der Waals surface area contributed by atoms with E-state index in [0.717, 1.165) is 23.3 Å². The van der Waals surface area contributed by atoms with E-state index in [1.807, 2.05) is 54.6 Å². The summed E-state index contributed by atoms with van der Waals surface area (Å²) in [5.41, 5.74) is 0.281. The van der Waals surface area contributed by atoms with Gasteiger partial charge in [0.05, 0.1) is 23.9 Å². The van der Waals surface area contributed by atoms with Gasteiger partial charge >= 0.3 is 0 Å². The number of nitrogens with zero attached hydrogens (tertiary/aromatic N) is 1. The van der Waals surface area contributed by atoms with E-state index in [1.165, 1.54) is 0 Å². The van der Waals surface area contributed by atoms with Crippen LogP contribution in [0.25, 0.3) is 0 Å². The summed E-state index contributed by atoms with van der Waals surface area (Å²) >= 11 is 0. The second kappa shape index (κ2) is 6.88. The topological polar surface area (TPSA) is 58.6 Å². The van der Waals surface area contributed by atoms with Gasteiger partial charge in [0.1, 0.15) is 11.3 Å². The van der Waals surface area contributed by atoms with Crippen LogP contribution in [0.2, 0.25) is 0 Å². The molecule has 3 aromatic rings. The second-order valence-electron chi connectivity index (χ2n) is 8.93. The molecule has 0 aromatic heterocycles. The monoisotopic (exact) mass is 446 g/mol. The van der Waals surface area contributed by atoms with Gasteiger partial charge in [0.15, 0.2) is 11.6 Å². The lowest BCUT2D eigenvalue weighted by atomic mass is 9.73. The number of amides is 2. The van der Waals surface area contributed by atoms with Crippen molar-refractivity contribution < 1.29 is 23.1 Å². The minimum absolute atomic E-state index is 0.0248. The third-order valence-electron chi connectivity index (χ3n) is 7.26. The fraction of sp³-hybridized carbons (Fsp3) is 0.231. The average Bonchev–Trinajstić information content (AvgIpc) is 3.07. The lowest BCUT2D eigenvalue weighted by Gasteiger charge is -2.38. The van der Waals surface area contributed by atoms with Crippen molar-refractivity contribution in [1.82, 2.24) is 4.90 Å². The first-order valence-corrected chi connectivity index (χ1v) is 10.8. The highest BCUT2D eigenvalue weighted by atomic mass is 19.2. The van der Waals surface area contributed by atoms with Crippen LogP contribution in [0.5, 0.6) is 5.75 Å². The van der Waals surface area contributed by atoms with E-state index in [0.29, 0.717) is 12.4 Å². The van der Waals surface area contributed by atoms with Gasteiger partial charge in [0, 0.05) is 23.5 Å². The van der Waals surface area contributed by atoms with Crippen LogP contribution < -0.4 is 10.1 Å². The Morgan fingerprint density at radius 2 is 1.70 bits per heavy atom. The zero-order valence-electron chi connectivity index (χ0n) is 17.7. The van der Waals surface area contributed by atoms with Crippen molar-refractivity contribution in [2.45, 2.75) is 24.4 Å². The fourth-order valence-electron chi connectivity index (χ4n) is 5.85. The number of anilines is 1. The van der Waals surface area contributed by atoms with Crippen molar-refractivity contribution in [3.63, 3.8) is 0 Å². The van der Waals surface area contributed by atoms with Crippen LogP contribution in [-0.2, 0) is 4.79 Å². The summed E-state index contributed by atoms with van der Waals surface area (Å²) in [5.74, 6) is -3.18. The molecule has 3 aliphatic rings. The van der Waals surface area contributed by atoms with Crippen molar-refractivity contribution in [1.29, 1.82) is 0 Å². The molecule has 5 nitrogen and oxygen atoms in total. The molecule has 166 valence electrons. The van der Waals surface area contributed by atoms with Crippen LogP contribution in [0, 0.1) is 17.6 Å². The van der Waals surface area contributed by atoms with E-state index < -0.39 is 40.9 Å². The van der Waals surface area contributed by atoms with Crippen LogP contribution >= 0.6 is 0 Å². The molecule has 6 rings (SSSR count). The maximum Gasteiger partial charge on any atom is 0.257 e. The average molecular weight is 446 g/mol. The van der Waals surface area contributed by atoms with Gasteiger partial charge in [-0.1, -0.05) is 48.5 Å². The number of carbonyl (C=O) groups excluding carboxylic acids is 2. The summed E-state index contributed by atoms with van der Waals surface area (Å²) in [6.07, 6.45) is 0. The minimum Gasteiger partial charge on any atom is -0.493 e. The maximum absolute atomic E-state index is 14.2. The first kappa shape index (κ1) is 19.9. The predicted octanol–water partition coefficient (Wildman–Crippen LogP) is 4.67. The minimum atomic E-state index is -1.32. The molecule has 33 heavy (non-hydrogen) atoms. The number of rotatable bonds is 1. The Morgan fingerprint density at radius 1 is 1.00 bits per heavy atom. The zero-order valence-corrected chi connectivity index (χ0v) is 17.7. The highest BCUT2D eigenvalue weighted by molar-refractivity contribution is 6.12. The normalized spacial score (nSPS) is 27.5. The molecular formula is C26H20F2N2O3. The van der Waals surface area contributed by atoms with Crippen molar-refractivity contribution in [2.75, 3.05) is 11.9 Å². The molecule has 3 aromatic carbocycles. The highest BCUT2D eigenvalue weighted by Gasteiger charge is 2.65. The Kier molecular flexibility index (Phi) is 4.15. The smallest absolute Gasteiger partial charge is 0.257 e. The summed E-state index contributed by atoms with van der Waals surface area (Å²) < 4.78 is 34.3. The molecule has 0 bridgehead atoms. The molecular weight excluding hydrogens is 426 g/mol. The summed E-state index contributed by atoms with van der Waals surface area (Å²) in [4.78, 5) is 29.3. The molecule has 1 N–H and O–H groups in total. The molecule has 1 fully saturated rings. The zero-order chi connectivity index (χ0) is 22.9. The molecule has 1 saturated heterocycles. The van der Waals surface area contributed by atoms with Crippen molar-refractivity contribution in [3.8, 4) is 5.75 Å². The van der Waals surface area contributed by atoms with Gasteiger partial charge < -0.3 is 15.0 Å². The Bertz CT molecular complexity index is 1310. The first-order chi connectivity index (χ1) is 15.9. The molecule has 0 saturated carbocycles. The van der Waals surface area contributed by atoms with Gasteiger partial charge in [0.25, 0.3) is 11.8 Å². The van der Waals surface area contributed by atoms with Crippen LogP contribution in [0.3, 0.4) is 0 Å². The highest BCUT2D eigenvalue weighted by Crippen LogP contribution is 2.59. The van der Waals surface area contributed by atoms with E-state index in [4.69, 9.17) is 4.74 Å².